The minimum atomic E-state index is -0.734. The van der Waals surface area contributed by atoms with Crippen LogP contribution >= 0.6 is 0 Å². The Labute approximate surface area is 106 Å². The third-order valence-electron chi connectivity index (χ3n) is 3.69. The molecule has 96 valence electrons. The average Bonchev–Trinajstić information content (AvgIpc) is 3.03. The molecule has 1 unspecified atom stereocenters. The molecule has 0 saturated heterocycles. The van der Waals surface area contributed by atoms with Gasteiger partial charge in [-0.3, -0.25) is 4.79 Å². The second-order valence-corrected chi connectivity index (χ2v) is 5.11. The summed E-state index contributed by atoms with van der Waals surface area (Å²) in [6.45, 7) is 2.23. The summed E-state index contributed by atoms with van der Waals surface area (Å²) in [7, 11) is 0. The number of hydrogen-bond acceptors (Lipinski definition) is 3. The van der Waals surface area contributed by atoms with Crippen LogP contribution in [0.3, 0.4) is 0 Å². The van der Waals surface area contributed by atoms with Crippen LogP contribution in [0.4, 0.5) is 0 Å². The van der Waals surface area contributed by atoms with E-state index < -0.39 is 5.97 Å². The van der Waals surface area contributed by atoms with E-state index >= 15 is 0 Å². The first-order chi connectivity index (χ1) is 8.65. The maximum atomic E-state index is 11.0. The molecule has 1 aliphatic carbocycles. The topological polar surface area (TPSA) is 55.8 Å². The molecule has 18 heavy (non-hydrogen) atoms. The second-order valence-electron chi connectivity index (χ2n) is 5.11. The Hall–Kier alpha value is -1.71. The highest BCUT2D eigenvalue weighted by atomic mass is 16.7. The van der Waals surface area contributed by atoms with E-state index in [2.05, 4.69) is 0 Å². The highest BCUT2D eigenvalue weighted by Crippen LogP contribution is 2.47. The summed E-state index contributed by atoms with van der Waals surface area (Å²) in [5, 5.41) is 9.03. The molecule has 1 fully saturated rings. The molecule has 0 amide bonds. The first-order valence-corrected chi connectivity index (χ1v) is 6.27. The van der Waals surface area contributed by atoms with E-state index in [9.17, 15) is 4.79 Å². The van der Waals surface area contributed by atoms with Gasteiger partial charge in [0, 0.05) is 0 Å². The fourth-order valence-corrected chi connectivity index (χ4v) is 2.67. The first-order valence-electron chi connectivity index (χ1n) is 6.27. The van der Waals surface area contributed by atoms with Crippen LogP contribution in [0, 0.1) is 12.8 Å². The van der Waals surface area contributed by atoms with Gasteiger partial charge in [-0.15, -0.1) is 0 Å². The van der Waals surface area contributed by atoms with Crippen molar-refractivity contribution in [2.24, 2.45) is 5.92 Å². The summed E-state index contributed by atoms with van der Waals surface area (Å²) in [6, 6.07) is 3.99. The number of aliphatic carboxylic acids is 1. The number of ether oxygens (including phenoxy) is 2. The predicted octanol–water partition coefficient (Wildman–Crippen LogP) is 2.69. The molecule has 1 atom stereocenters. The van der Waals surface area contributed by atoms with Gasteiger partial charge in [0.15, 0.2) is 11.5 Å². The Morgan fingerprint density at radius 3 is 2.89 bits per heavy atom. The Morgan fingerprint density at radius 1 is 1.44 bits per heavy atom. The van der Waals surface area contributed by atoms with E-state index in [0.717, 1.165) is 35.5 Å². The molecule has 1 aliphatic heterocycles. The lowest BCUT2D eigenvalue weighted by Crippen LogP contribution is -2.08. The van der Waals surface area contributed by atoms with E-state index in [1.807, 2.05) is 19.1 Å². The van der Waals surface area contributed by atoms with E-state index in [1.165, 1.54) is 0 Å². The lowest BCUT2D eigenvalue weighted by atomic mass is 9.89. The number of hydrogen-bond donors (Lipinski definition) is 1. The molecule has 1 saturated carbocycles. The van der Waals surface area contributed by atoms with Gasteiger partial charge in [0.25, 0.3) is 0 Å². The van der Waals surface area contributed by atoms with Gasteiger partial charge in [-0.25, -0.2) is 0 Å². The monoisotopic (exact) mass is 248 g/mol. The van der Waals surface area contributed by atoms with Crippen LogP contribution in [-0.2, 0) is 4.79 Å². The second kappa shape index (κ2) is 4.19. The van der Waals surface area contributed by atoms with Gasteiger partial charge < -0.3 is 14.6 Å². The van der Waals surface area contributed by atoms with Gasteiger partial charge in [-0.05, 0) is 48.8 Å². The van der Waals surface area contributed by atoms with Gasteiger partial charge in [0.05, 0.1) is 6.42 Å². The van der Waals surface area contributed by atoms with E-state index in [4.69, 9.17) is 14.6 Å². The van der Waals surface area contributed by atoms with Crippen molar-refractivity contribution in [2.45, 2.75) is 32.1 Å². The molecule has 0 aromatic heterocycles. The largest absolute Gasteiger partial charge is 0.481 e. The number of carboxylic acids is 1. The number of rotatable bonds is 4. The lowest BCUT2D eigenvalue weighted by Gasteiger charge is -2.16. The standard InChI is InChI=1S/C14H16O4/c1-8-4-10(5-12-14(8)18-7-17-12)11(6-13(15)16)9-2-3-9/h4-5,9,11H,2-3,6-7H2,1H3,(H,15,16). The van der Waals surface area contributed by atoms with Gasteiger partial charge in [0.1, 0.15) is 0 Å². The van der Waals surface area contributed by atoms with Crippen LogP contribution < -0.4 is 9.47 Å². The number of benzene rings is 1. The normalized spacial score (nSPS) is 18.7. The van der Waals surface area contributed by atoms with Crippen LogP contribution in [0.5, 0.6) is 11.5 Å². The summed E-state index contributed by atoms with van der Waals surface area (Å²) in [5.74, 6) is 1.43. The number of fused-ring (bicyclic) bond motifs is 1. The number of aryl methyl sites for hydroxylation is 1. The SMILES string of the molecule is Cc1cc(C(CC(=O)O)C2CC2)cc2c1OCO2. The van der Waals surface area contributed by atoms with E-state index in [0.29, 0.717) is 5.92 Å². The summed E-state index contributed by atoms with van der Waals surface area (Å²) in [4.78, 5) is 11.0. The zero-order valence-corrected chi connectivity index (χ0v) is 10.3. The average molecular weight is 248 g/mol. The Balaban J connectivity index is 1.94. The van der Waals surface area contributed by atoms with Crippen LogP contribution in [0.25, 0.3) is 0 Å². The minimum Gasteiger partial charge on any atom is -0.481 e. The third-order valence-corrected chi connectivity index (χ3v) is 3.69. The molecule has 1 heterocycles. The zero-order valence-electron chi connectivity index (χ0n) is 10.3. The number of carboxylic acid groups (broad SMARTS) is 1. The van der Waals surface area contributed by atoms with E-state index in [1.54, 1.807) is 0 Å². The van der Waals surface area contributed by atoms with Crippen molar-refractivity contribution in [3.05, 3.63) is 23.3 Å². The highest BCUT2D eigenvalue weighted by Gasteiger charge is 2.34. The molecule has 1 aromatic rings. The van der Waals surface area contributed by atoms with Crippen molar-refractivity contribution in [3.8, 4) is 11.5 Å². The molecule has 0 bridgehead atoms. The van der Waals surface area contributed by atoms with Gasteiger partial charge in [0.2, 0.25) is 6.79 Å². The van der Waals surface area contributed by atoms with E-state index in [-0.39, 0.29) is 19.1 Å². The van der Waals surface area contributed by atoms with Gasteiger partial charge >= 0.3 is 5.97 Å². The molecule has 3 rings (SSSR count). The fraction of sp³-hybridized carbons (Fsp3) is 0.500. The van der Waals surface area contributed by atoms with Crippen molar-refractivity contribution in [3.63, 3.8) is 0 Å². The molecule has 4 heteroatoms. The fourth-order valence-electron chi connectivity index (χ4n) is 2.67. The predicted molar refractivity (Wildman–Crippen MR) is 65.0 cm³/mol. The summed E-state index contributed by atoms with van der Waals surface area (Å²) in [6.07, 6.45) is 2.46. The summed E-state index contributed by atoms with van der Waals surface area (Å²) in [5.41, 5.74) is 2.10. The van der Waals surface area contributed by atoms with Gasteiger partial charge in [-0.1, -0.05) is 6.07 Å². The van der Waals surface area contributed by atoms with Crippen LogP contribution in [0.2, 0.25) is 0 Å². The Bertz CT molecular complexity index is 491. The summed E-state index contributed by atoms with van der Waals surface area (Å²) < 4.78 is 10.8. The van der Waals surface area contributed by atoms with Gasteiger partial charge in [-0.2, -0.15) is 0 Å². The van der Waals surface area contributed by atoms with Crippen molar-refractivity contribution in [1.29, 1.82) is 0 Å². The van der Waals surface area contributed by atoms with Crippen LogP contribution in [-0.4, -0.2) is 17.9 Å². The maximum absolute atomic E-state index is 11.0. The minimum absolute atomic E-state index is 0.107. The molecule has 2 aliphatic rings. The van der Waals surface area contributed by atoms with Crippen LogP contribution in [0.15, 0.2) is 12.1 Å². The quantitative estimate of drug-likeness (QED) is 0.890. The van der Waals surface area contributed by atoms with Crippen LogP contribution in [0.1, 0.15) is 36.3 Å². The Kier molecular flexibility index (Phi) is 2.65. The summed E-state index contributed by atoms with van der Waals surface area (Å²) >= 11 is 0. The molecule has 1 N–H and O–H groups in total. The molecular weight excluding hydrogens is 232 g/mol. The van der Waals surface area contributed by atoms with Crippen molar-refractivity contribution in [2.75, 3.05) is 6.79 Å². The van der Waals surface area contributed by atoms with Crippen molar-refractivity contribution in [1.82, 2.24) is 0 Å². The molecular formula is C14H16O4. The number of carbonyl (C=O) groups is 1. The van der Waals surface area contributed by atoms with Crippen molar-refractivity contribution < 1.29 is 19.4 Å². The molecule has 4 nitrogen and oxygen atoms in total. The Morgan fingerprint density at radius 2 is 2.22 bits per heavy atom. The zero-order chi connectivity index (χ0) is 12.7. The first kappa shape index (κ1) is 11.4. The third kappa shape index (κ3) is 2.03. The molecule has 1 aromatic carbocycles. The molecule has 0 spiro atoms. The van der Waals surface area contributed by atoms with Crippen molar-refractivity contribution >= 4 is 5.97 Å². The lowest BCUT2D eigenvalue weighted by molar-refractivity contribution is -0.137. The maximum Gasteiger partial charge on any atom is 0.303 e. The molecule has 0 radical (unpaired) electrons. The smallest absolute Gasteiger partial charge is 0.303 e. The highest BCUT2D eigenvalue weighted by molar-refractivity contribution is 5.68.